The van der Waals surface area contributed by atoms with E-state index in [0.717, 1.165) is 17.3 Å². The highest BCUT2D eigenvalue weighted by atomic mass is 35.5. The number of carboxylic acids is 1. The largest absolute Gasteiger partial charge is 0.481 e. The van der Waals surface area contributed by atoms with Gasteiger partial charge in [-0.3, -0.25) is 14.4 Å². The first-order valence-electron chi connectivity index (χ1n) is 10.2. The zero-order valence-electron chi connectivity index (χ0n) is 17.9. The number of nitrogens with one attached hydrogen (secondary N) is 1. The lowest BCUT2D eigenvalue weighted by molar-refractivity contribution is -0.139. The monoisotopic (exact) mass is 521 g/mol. The molecule has 0 spiro atoms. The number of tetrazole rings is 1. The minimum atomic E-state index is -1.23. The lowest BCUT2D eigenvalue weighted by Crippen LogP contribution is -2.42. The highest BCUT2D eigenvalue weighted by Gasteiger charge is 2.25. The summed E-state index contributed by atoms with van der Waals surface area (Å²) in [6, 6.07) is 13.5. The van der Waals surface area contributed by atoms with Crippen LogP contribution in [-0.2, 0) is 29.0 Å². The zero-order valence-corrected chi connectivity index (χ0v) is 20.2. The molecule has 2 N–H and O–H groups in total. The number of nitrogens with zero attached hydrogens (tertiary/aromatic N) is 4. The van der Waals surface area contributed by atoms with Crippen LogP contribution in [0, 0.1) is 0 Å². The van der Waals surface area contributed by atoms with Gasteiger partial charge in [0.1, 0.15) is 12.6 Å². The first-order valence-corrected chi connectivity index (χ1v) is 12.0. The Bertz CT molecular complexity index is 1140. The normalized spacial score (nSPS) is 11.7. The van der Waals surface area contributed by atoms with Crippen molar-refractivity contribution < 1.29 is 19.5 Å². The van der Waals surface area contributed by atoms with Crippen LogP contribution in [-0.4, -0.2) is 54.1 Å². The lowest BCUT2D eigenvalue weighted by Gasteiger charge is -2.16. The molecule has 0 aliphatic heterocycles. The Labute approximate surface area is 209 Å². The van der Waals surface area contributed by atoms with E-state index in [1.165, 1.54) is 4.68 Å². The van der Waals surface area contributed by atoms with Crippen molar-refractivity contribution in [3.05, 3.63) is 75.5 Å². The van der Waals surface area contributed by atoms with Gasteiger partial charge in [-0.2, -0.15) is 0 Å². The summed E-state index contributed by atoms with van der Waals surface area (Å²) in [7, 11) is 0. The average molecular weight is 522 g/mol. The van der Waals surface area contributed by atoms with Gasteiger partial charge in [0.15, 0.2) is 11.6 Å². The van der Waals surface area contributed by atoms with Gasteiger partial charge in [-0.1, -0.05) is 71.4 Å². The van der Waals surface area contributed by atoms with Crippen molar-refractivity contribution in [2.24, 2.45) is 0 Å². The number of aryl methyl sites for hydroxylation is 1. The molecule has 1 amide bonds. The molecule has 1 aromatic heterocycles. The molecule has 9 nitrogen and oxygen atoms in total. The first-order chi connectivity index (χ1) is 16.3. The molecule has 3 rings (SSSR count). The first kappa shape index (κ1) is 25.7. The second kappa shape index (κ2) is 12.5. The number of halogens is 2. The van der Waals surface area contributed by atoms with Crippen LogP contribution in [0.3, 0.4) is 0 Å². The molecule has 1 unspecified atom stereocenters. The topological polar surface area (TPSA) is 127 Å². The molecule has 1 heterocycles. The number of hydrogen-bond donors (Lipinski definition) is 2. The number of Topliss-reactive ketones (excluding diaryl/α,β-unsaturated/α-hetero) is 1. The zero-order chi connectivity index (χ0) is 24.5. The van der Waals surface area contributed by atoms with Gasteiger partial charge in [0.05, 0.1) is 6.42 Å². The number of carboxylic acid groups (broad SMARTS) is 1. The van der Waals surface area contributed by atoms with Crippen molar-refractivity contribution in [1.29, 1.82) is 0 Å². The van der Waals surface area contributed by atoms with E-state index in [1.54, 1.807) is 18.2 Å². The average Bonchev–Trinajstić information content (AvgIpc) is 3.23. The standard InChI is InChI=1S/C22H21Cl2N5O4S/c23-16-7-4-8-17(24)15(16)11-20-26-27-28-29(20)13-19(30)18(12-21(31)32)25-22(33)34-10-9-14-5-2-1-3-6-14/h1-8,18H,9-13H2,(H,25,33)(H,31,32). The predicted octanol–water partition coefficient (Wildman–Crippen LogP) is 3.67. The number of carbonyl (C=O) groups excluding carboxylic acids is 2. The molecule has 12 heteroatoms. The Morgan fingerprint density at radius 2 is 1.76 bits per heavy atom. The number of hydrogen-bond acceptors (Lipinski definition) is 7. The Kier molecular flexibility index (Phi) is 9.43. The fourth-order valence-corrected chi connectivity index (χ4v) is 4.38. The Morgan fingerprint density at radius 3 is 2.44 bits per heavy atom. The minimum absolute atomic E-state index is 0.171. The molecule has 0 bridgehead atoms. The van der Waals surface area contributed by atoms with Gasteiger partial charge in [-0.05, 0) is 40.1 Å². The molecule has 1 atom stereocenters. The van der Waals surface area contributed by atoms with Crippen LogP contribution < -0.4 is 5.32 Å². The molecule has 34 heavy (non-hydrogen) atoms. The fourth-order valence-electron chi connectivity index (χ4n) is 3.10. The number of aliphatic carboxylic acids is 1. The number of rotatable bonds is 11. The Balaban J connectivity index is 1.62. The third-order valence-electron chi connectivity index (χ3n) is 4.83. The molecule has 0 aliphatic carbocycles. The molecule has 3 aromatic rings. The number of amides is 1. The number of thioether (sulfide) groups is 1. The van der Waals surface area contributed by atoms with E-state index in [9.17, 15) is 19.5 Å². The van der Waals surface area contributed by atoms with Crippen molar-refractivity contribution in [2.75, 3.05) is 5.75 Å². The maximum atomic E-state index is 12.9. The summed E-state index contributed by atoms with van der Waals surface area (Å²) in [6.07, 6.45) is 0.275. The number of benzene rings is 2. The van der Waals surface area contributed by atoms with E-state index in [-0.39, 0.29) is 13.0 Å². The van der Waals surface area contributed by atoms with Crippen molar-refractivity contribution >= 4 is 52.0 Å². The van der Waals surface area contributed by atoms with E-state index in [2.05, 4.69) is 20.8 Å². The third-order valence-corrected chi connectivity index (χ3v) is 6.33. The molecule has 0 saturated carbocycles. The van der Waals surface area contributed by atoms with E-state index < -0.39 is 29.5 Å². The summed E-state index contributed by atoms with van der Waals surface area (Å²) >= 11 is 13.4. The predicted molar refractivity (Wildman–Crippen MR) is 129 cm³/mol. The molecule has 2 aromatic carbocycles. The van der Waals surface area contributed by atoms with Crippen LogP contribution in [0.25, 0.3) is 0 Å². The van der Waals surface area contributed by atoms with Gasteiger partial charge in [0.25, 0.3) is 5.24 Å². The maximum Gasteiger partial charge on any atom is 0.305 e. The van der Waals surface area contributed by atoms with Gasteiger partial charge >= 0.3 is 5.97 Å². The second-order valence-corrected chi connectivity index (χ2v) is 9.14. The van der Waals surface area contributed by atoms with Crippen molar-refractivity contribution in [2.45, 2.75) is 31.8 Å². The smallest absolute Gasteiger partial charge is 0.305 e. The van der Waals surface area contributed by atoms with Gasteiger partial charge in [0, 0.05) is 22.2 Å². The van der Waals surface area contributed by atoms with Crippen LogP contribution in [0.5, 0.6) is 0 Å². The van der Waals surface area contributed by atoms with Gasteiger partial charge < -0.3 is 10.4 Å². The molecular formula is C22H21Cl2N5O4S. The van der Waals surface area contributed by atoms with Crippen molar-refractivity contribution in [3.8, 4) is 0 Å². The Morgan fingerprint density at radius 1 is 1.06 bits per heavy atom. The SMILES string of the molecule is O=C(O)CC(NC(=O)SCCc1ccccc1)C(=O)Cn1nnnc1Cc1c(Cl)cccc1Cl. The van der Waals surface area contributed by atoms with Crippen molar-refractivity contribution in [3.63, 3.8) is 0 Å². The molecule has 0 aliphatic rings. The van der Waals surface area contributed by atoms with E-state index in [1.807, 2.05) is 30.3 Å². The summed E-state index contributed by atoms with van der Waals surface area (Å²) in [5, 5.41) is 23.4. The fraction of sp³-hybridized carbons (Fsp3) is 0.273. The maximum absolute atomic E-state index is 12.9. The third kappa shape index (κ3) is 7.54. The highest BCUT2D eigenvalue weighted by Crippen LogP contribution is 2.26. The van der Waals surface area contributed by atoms with E-state index in [4.69, 9.17) is 23.2 Å². The molecule has 178 valence electrons. The summed E-state index contributed by atoms with van der Waals surface area (Å²) in [4.78, 5) is 36.5. The van der Waals surface area contributed by atoms with Gasteiger partial charge in [0.2, 0.25) is 0 Å². The van der Waals surface area contributed by atoms with Crippen LogP contribution in [0.2, 0.25) is 10.0 Å². The minimum Gasteiger partial charge on any atom is -0.481 e. The van der Waals surface area contributed by atoms with Crippen LogP contribution >= 0.6 is 35.0 Å². The second-order valence-electron chi connectivity index (χ2n) is 7.26. The Hall–Kier alpha value is -2.95. The summed E-state index contributed by atoms with van der Waals surface area (Å²) in [5.41, 5.74) is 1.67. The van der Waals surface area contributed by atoms with E-state index in [0.29, 0.717) is 33.6 Å². The molecule has 0 saturated heterocycles. The molecule has 0 fully saturated rings. The quantitative estimate of drug-likeness (QED) is 0.391. The lowest BCUT2D eigenvalue weighted by atomic mass is 10.1. The highest BCUT2D eigenvalue weighted by molar-refractivity contribution is 8.13. The molecule has 0 radical (unpaired) electrons. The van der Waals surface area contributed by atoms with Gasteiger partial charge in [-0.15, -0.1) is 5.10 Å². The number of carbonyl (C=O) groups is 3. The van der Waals surface area contributed by atoms with Gasteiger partial charge in [-0.25, -0.2) is 4.68 Å². The number of aromatic nitrogens is 4. The summed E-state index contributed by atoms with van der Waals surface area (Å²) in [6.45, 7) is -0.322. The van der Waals surface area contributed by atoms with Crippen LogP contribution in [0.4, 0.5) is 4.79 Å². The summed E-state index contributed by atoms with van der Waals surface area (Å²) < 4.78 is 1.24. The molecular weight excluding hydrogens is 501 g/mol. The summed E-state index contributed by atoms with van der Waals surface area (Å²) in [5.74, 6) is -0.952. The van der Waals surface area contributed by atoms with Crippen LogP contribution in [0.15, 0.2) is 48.5 Å². The number of ketones is 1. The van der Waals surface area contributed by atoms with Crippen LogP contribution in [0.1, 0.15) is 23.4 Å². The van der Waals surface area contributed by atoms with E-state index >= 15 is 0 Å². The van der Waals surface area contributed by atoms with Crippen molar-refractivity contribution in [1.82, 2.24) is 25.5 Å².